The van der Waals surface area contributed by atoms with E-state index in [0.29, 0.717) is 6.04 Å². The van der Waals surface area contributed by atoms with E-state index in [1.54, 1.807) is 7.05 Å². The van der Waals surface area contributed by atoms with E-state index < -0.39 is 0 Å². The lowest BCUT2D eigenvalue weighted by Gasteiger charge is -2.21. The maximum Gasteiger partial charge on any atom is 0.190 e. The van der Waals surface area contributed by atoms with Crippen LogP contribution in [-0.2, 0) is 0 Å². The maximum atomic E-state index is 4.15. The number of nitrogens with zero attached hydrogens (tertiary/aromatic N) is 2. The SMILES string of the molecule is CN=C(NC)NC1CCN(c2ccccc2Br)C1.I. The molecule has 0 spiro atoms. The van der Waals surface area contributed by atoms with Crippen molar-refractivity contribution in [3.8, 4) is 0 Å². The number of para-hydroxylation sites is 1. The molecule has 2 N–H and O–H groups in total. The second-order valence-corrected chi connectivity index (χ2v) is 5.20. The van der Waals surface area contributed by atoms with Gasteiger partial charge in [-0.25, -0.2) is 0 Å². The molecular weight excluding hydrogens is 419 g/mol. The molecule has 0 aromatic heterocycles. The summed E-state index contributed by atoms with van der Waals surface area (Å²) >= 11 is 3.61. The van der Waals surface area contributed by atoms with Crippen LogP contribution < -0.4 is 15.5 Å². The Morgan fingerprint density at radius 2 is 2.16 bits per heavy atom. The molecule has 1 aromatic carbocycles. The third-order valence-electron chi connectivity index (χ3n) is 3.18. The van der Waals surface area contributed by atoms with Gasteiger partial charge in [-0.2, -0.15) is 0 Å². The summed E-state index contributed by atoms with van der Waals surface area (Å²) in [6, 6.07) is 8.81. The molecule has 1 aliphatic heterocycles. The van der Waals surface area contributed by atoms with Gasteiger partial charge in [-0.3, -0.25) is 4.99 Å². The number of nitrogens with one attached hydrogen (secondary N) is 2. The number of guanidine groups is 1. The molecule has 0 amide bonds. The van der Waals surface area contributed by atoms with Crippen LogP contribution in [0.25, 0.3) is 0 Å². The Bertz CT molecular complexity index is 438. The fraction of sp³-hybridized carbons (Fsp3) is 0.462. The molecule has 4 nitrogen and oxygen atoms in total. The molecule has 1 fully saturated rings. The van der Waals surface area contributed by atoms with Crippen molar-refractivity contribution in [3.63, 3.8) is 0 Å². The molecule has 0 radical (unpaired) electrons. The van der Waals surface area contributed by atoms with Gasteiger partial charge in [0.15, 0.2) is 5.96 Å². The van der Waals surface area contributed by atoms with Gasteiger partial charge in [-0.1, -0.05) is 12.1 Å². The lowest BCUT2D eigenvalue weighted by molar-refractivity contribution is 0.657. The number of hydrogen-bond acceptors (Lipinski definition) is 2. The van der Waals surface area contributed by atoms with E-state index in [9.17, 15) is 0 Å². The van der Waals surface area contributed by atoms with Crippen molar-refractivity contribution in [1.29, 1.82) is 0 Å². The number of hydrogen-bond donors (Lipinski definition) is 2. The largest absolute Gasteiger partial charge is 0.368 e. The topological polar surface area (TPSA) is 39.7 Å². The Kier molecular flexibility index (Phi) is 6.92. The number of rotatable bonds is 2. The fourth-order valence-corrected chi connectivity index (χ4v) is 2.78. The van der Waals surface area contributed by atoms with Gasteiger partial charge in [0.05, 0.1) is 5.69 Å². The van der Waals surface area contributed by atoms with Gasteiger partial charge in [0.1, 0.15) is 0 Å². The summed E-state index contributed by atoms with van der Waals surface area (Å²) in [6.07, 6.45) is 1.13. The zero-order valence-corrected chi connectivity index (χ0v) is 15.1. The Labute approximate surface area is 140 Å². The number of halogens is 2. The fourth-order valence-electron chi connectivity index (χ4n) is 2.25. The molecule has 2 rings (SSSR count). The summed E-state index contributed by atoms with van der Waals surface area (Å²) < 4.78 is 1.16. The average Bonchev–Trinajstić information content (AvgIpc) is 2.85. The Balaban J connectivity index is 0.00000180. The molecule has 6 heteroatoms. The summed E-state index contributed by atoms with van der Waals surface area (Å²) in [5.41, 5.74) is 1.27. The summed E-state index contributed by atoms with van der Waals surface area (Å²) in [5.74, 6) is 0.856. The average molecular weight is 439 g/mol. The van der Waals surface area contributed by atoms with E-state index in [1.807, 2.05) is 13.1 Å². The number of aliphatic imine (C=N–C) groups is 1. The van der Waals surface area contributed by atoms with Crippen LogP contribution in [-0.4, -0.2) is 39.2 Å². The molecule has 1 aliphatic rings. The molecular formula is C13H20BrIN4. The zero-order valence-electron chi connectivity index (χ0n) is 11.2. The second-order valence-electron chi connectivity index (χ2n) is 4.35. The Morgan fingerprint density at radius 1 is 1.42 bits per heavy atom. The first-order valence-corrected chi connectivity index (χ1v) is 6.94. The summed E-state index contributed by atoms with van der Waals surface area (Å²) in [6.45, 7) is 2.07. The van der Waals surface area contributed by atoms with Gasteiger partial charge < -0.3 is 15.5 Å². The third kappa shape index (κ3) is 4.24. The van der Waals surface area contributed by atoms with E-state index in [4.69, 9.17) is 0 Å². The third-order valence-corrected chi connectivity index (χ3v) is 3.85. The van der Waals surface area contributed by atoms with Gasteiger partial charge in [-0.05, 0) is 34.5 Å². The predicted molar refractivity (Wildman–Crippen MR) is 95.7 cm³/mol. The van der Waals surface area contributed by atoms with Crippen LogP contribution in [0.15, 0.2) is 33.7 Å². The number of benzene rings is 1. The summed E-state index contributed by atoms with van der Waals surface area (Å²) in [4.78, 5) is 6.55. The van der Waals surface area contributed by atoms with Gasteiger partial charge in [-0.15, -0.1) is 24.0 Å². The van der Waals surface area contributed by atoms with Crippen molar-refractivity contribution < 1.29 is 0 Å². The molecule has 0 saturated carbocycles. The first-order chi connectivity index (χ1) is 8.74. The van der Waals surface area contributed by atoms with Crippen molar-refractivity contribution in [1.82, 2.24) is 10.6 Å². The van der Waals surface area contributed by atoms with Gasteiger partial charge in [0, 0.05) is 37.7 Å². The van der Waals surface area contributed by atoms with Crippen LogP contribution in [0.2, 0.25) is 0 Å². The van der Waals surface area contributed by atoms with Crippen molar-refractivity contribution in [2.24, 2.45) is 4.99 Å². The monoisotopic (exact) mass is 438 g/mol. The van der Waals surface area contributed by atoms with E-state index >= 15 is 0 Å². The van der Waals surface area contributed by atoms with E-state index in [1.165, 1.54) is 5.69 Å². The lowest BCUT2D eigenvalue weighted by Crippen LogP contribution is -2.43. The maximum absolute atomic E-state index is 4.15. The smallest absolute Gasteiger partial charge is 0.190 e. The molecule has 0 aliphatic carbocycles. The van der Waals surface area contributed by atoms with E-state index in [-0.39, 0.29) is 24.0 Å². The summed E-state index contributed by atoms with van der Waals surface area (Å²) in [7, 11) is 3.68. The van der Waals surface area contributed by atoms with Gasteiger partial charge in [0.2, 0.25) is 0 Å². The first-order valence-electron chi connectivity index (χ1n) is 6.15. The lowest BCUT2D eigenvalue weighted by atomic mass is 10.3. The minimum absolute atomic E-state index is 0. The van der Waals surface area contributed by atoms with Crippen molar-refractivity contribution >= 4 is 51.6 Å². The van der Waals surface area contributed by atoms with Crippen LogP contribution in [0.4, 0.5) is 5.69 Å². The first kappa shape index (κ1) is 16.6. The van der Waals surface area contributed by atoms with Crippen LogP contribution >= 0.6 is 39.9 Å². The van der Waals surface area contributed by atoms with Crippen LogP contribution in [0.1, 0.15) is 6.42 Å². The molecule has 106 valence electrons. The standard InChI is InChI=1S/C13H19BrN4.HI/c1-15-13(16-2)17-10-7-8-18(9-10)12-6-4-3-5-11(12)14;/h3-6,10H,7-9H2,1-2H3,(H2,15,16,17);1H. The van der Waals surface area contributed by atoms with Crippen molar-refractivity contribution in [3.05, 3.63) is 28.7 Å². The number of anilines is 1. The minimum Gasteiger partial charge on any atom is -0.368 e. The van der Waals surface area contributed by atoms with Crippen LogP contribution in [0.3, 0.4) is 0 Å². The normalized spacial score (nSPS) is 19.0. The van der Waals surface area contributed by atoms with Gasteiger partial charge >= 0.3 is 0 Å². The highest BCUT2D eigenvalue weighted by Gasteiger charge is 2.24. The predicted octanol–water partition coefficient (Wildman–Crippen LogP) is 2.44. The van der Waals surface area contributed by atoms with Crippen molar-refractivity contribution in [2.45, 2.75) is 12.5 Å². The Hall–Kier alpha value is -0.500. The molecule has 1 heterocycles. The second kappa shape index (κ2) is 7.94. The van der Waals surface area contributed by atoms with Crippen LogP contribution in [0, 0.1) is 0 Å². The van der Waals surface area contributed by atoms with E-state index in [0.717, 1.165) is 29.9 Å². The van der Waals surface area contributed by atoms with E-state index in [2.05, 4.69) is 54.7 Å². The highest BCUT2D eigenvalue weighted by atomic mass is 127. The Morgan fingerprint density at radius 3 is 2.79 bits per heavy atom. The molecule has 1 atom stereocenters. The highest BCUT2D eigenvalue weighted by molar-refractivity contribution is 14.0. The highest BCUT2D eigenvalue weighted by Crippen LogP contribution is 2.28. The molecule has 19 heavy (non-hydrogen) atoms. The van der Waals surface area contributed by atoms with Crippen LogP contribution in [0.5, 0.6) is 0 Å². The molecule has 1 saturated heterocycles. The molecule has 1 unspecified atom stereocenters. The quantitative estimate of drug-likeness (QED) is 0.423. The zero-order chi connectivity index (χ0) is 13.0. The van der Waals surface area contributed by atoms with Gasteiger partial charge in [0.25, 0.3) is 0 Å². The molecule has 0 bridgehead atoms. The minimum atomic E-state index is 0. The molecule has 1 aromatic rings. The summed E-state index contributed by atoms with van der Waals surface area (Å²) in [5, 5.41) is 6.47. The van der Waals surface area contributed by atoms with Crippen molar-refractivity contribution in [2.75, 3.05) is 32.1 Å².